The topological polar surface area (TPSA) is 61.8 Å². The molecule has 3 rings (SSSR count). The van der Waals surface area contributed by atoms with Crippen LogP contribution in [0.4, 0.5) is 0 Å². The maximum atomic E-state index is 12.7. The van der Waals surface area contributed by atoms with Gasteiger partial charge < -0.3 is 14.2 Å². The lowest BCUT2D eigenvalue weighted by molar-refractivity contribution is -0.146. The average Bonchev–Trinajstić information content (AvgIpc) is 2.80. The van der Waals surface area contributed by atoms with Crippen LogP contribution in [0.25, 0.3) is 0 Å². The fourth-order valence-corrected chi connectivity index (χ4v) is 3.00. The van der Waals surface area contributed by atoms with Crippen molar-refractivity contribution in [3.8, 4) is 5.75 Å². The zero-order chi connectivity index (χ0) is 21.2. The summed E-state index contributed by atoms with van der Waals surface area (Å²) in [5, 5.41) is 0. The van der Waals surface area contributed by atoms with Crippen molar-refractivity contribution in [2.45, 2.75) is 19.1 Å². The van der Waals surface area contributed by atoms with Gasteiger partial charge >= 0.3 is 5.97 Å². The molecule has 0 amide bonds. The van der Waals surface area contributed by atoms with Crippen molar-refractivity contribution < 1.29 is 23.8 Å². The molecular weight excluding hydrogens is 380 g/mol. The molecule has 3 aromatic rings. The Kier molecular flexibility index (Phi) is 7.75. The van der Waals surface area contributed by atoms with E-state index in [2.05, 4.69) is 0 Å². The van der Waals surface area contributed by atoms with Crippen LogP contribution >= 0.6 is 0 Å². The molecule has 0 heterocycles. The fraction of sp³-hybridized carbons (Fsp3) is 0.200. The number of ketones is 1. The van der Waals surface area contributed by atoms with Gasteiger partial charge in [0.1, 0.15) is 24.9 Å². The number of methoxy groups -OCH3 is 1. The van der Waals surface area contributed by atoms with E-state index in [0.717, 1.165) is 11.1 Å². The molecule has 0 N–H and O–H groups in total. The highest BCUT2D eigenvalue weighted by Crippen LogP contribution is 2.23. The van der Waals surface area contributed by atoms with Crippen molar-refractivity contribution >= 4 is 11.8 Å². The van der Waals surface area contributed by atoms with Gasteiger partial charge in [-0.2, -0.15) is 0 Å². The Hall–Kier alpha value is -3.44. The smallest absolute Gasteiger partial charge is 0.320 e. The minimum absolute atomic E-state index is 0.180. The summed E-state index contributed by atoms with van der Waals surface area (Å²) in [6, 6.07) is 26.3. The number of carbonyl (C=O) groups excluding carboxylic acids is 2. The molecule has 30 heavy (non-hydrogen) atoms. The molecule has 0 aliphatic carbocycles. The van der Waals surface area contributed by atoms with E-state index >= 15 is 0 Å². The molecule has 5 nitrogen and oxygen atoms in total. The Morgan fingerprint density at radius 1 is 0.767 bits per heavy atom. The minimum Gasteiger partial charge on any atom is -0.489 e. The second-order valence-corrected chi connectivity index (χ2v) is 6.74. The lowest BCUT2D eigenvalue weighted by Crippen LogP contribution is -2.26. The molecule has 0 aliphatic heterocycles. The molecular formula is C25H24O5. The first-order valence-electron chi connectivity index (χ1n) is 9.66. The molecule has 0 fully saturated rings. The number of benzene rings is 3. The first-order chi connectivity index (χ1) is 14.7. The molecule has 0 saturated carbocycles. The maximum absolute atomic E-state index is 12.7. The molecule has 3 aromatic carbocycles. The number of hydrogen-bond donors (Lipinski definition) is 0. The summed E-state index contributed by atoms with van der Waals surface area (Å²) in [6.45, 7) is 0.556. The Morgan fingerprint density at radius 3 is 1.90 bits per heavy atom. The summed E-state index contributed by atoms with van der Waals surface area (Å²) < 4.78 is 16.1. The maximum Gasteiger partial charge on any atom is 0.320 e. The summed E-state index contributed by atoms with van der Waals surface area (Å²) in [4.78, 5) is 24.9. The van der Waals surface area contributed by atoms with Gasteiger partial charge in [0.2, 0.25) is 0 Å². The van der Waals surface area contributed by atoms with E-state index in [-0.39, 0.29) is 12.4 Å². The zero-order valence-electron chi connectivity index (χ0n) is 16.8. The molecule has 154 valence electrons. The van der Waals surface area contributed by atoms with Gasteiger partial charge in [0.05, 0.1) is 13.7 Å². The third-order valence-electron chi connectivity index (χ3n) is 4.58. The third-order valence-corrected chi connectivity index (χ3v) is 4.58. The highest BCUT2D eigenvalue weighted by atomic mass is 16.5. The van der Waals surface area contributed by atoms with Crippen molar-refractivity contribution in [3.63, 3.8) is 0 Å². The average molecular weight is 404 g/mol. The fourth-order valence-electron chi connectivity index (χ4n) is 3.00. The first-order valence-corrected chi connectivity index (χ1v) is 9.66. The molecule has 0 radical (unpaired) electrons. The number of ether oxygens (including phenoxy) is 3. The van der Waals surface area contributed by atoms with E-state index in [9.17, 15) is 9.59 Å². The first kappa shape index (κ1) is 21.3. The molecule has 0 aliphatic rings. The van der Waals surface area contributed by atoms with Crippen LogP contribution in [-0.2, 0) is 32.3 Å². The van der Waals surface area contributed by atoms with Gasteiger partial charge in [-0.15, -0.1) is 0 Å². The van der Waals surface area contributed by atoms with E-state index in [0.29, 0.717) is 24.5 Å². The van der Waals surface area contributed by atoms with Gasteiger partial charge in [-0.3, -0.25) is 9.59 Å². The number of carbonyl (C=O) groups is 2. The summed E-state index contributed by atoms with van der Waals surface area (Å²) in [5.41, 5.74) is 2.56. The van der Waals surface area contributed by atoms with E-state index in [4.69, 9.17) is 14.2 Å². The Labute approximate surface area is 176 Å². The van der Waals surface area contributed by atoms with Crippen LogP contribution in [0.2, 0.25) is 0 Å². The Balaban J connectivity index is 1.61. The predicted molar refractivity (Wildman–Crippen MR) is 113 cm³/mol. The normalized spacial score (nSPS) is 11.5. The SMILES string of the molecule is COC(=O)C(C(=O)COCc1ccccc1)c1ccc(OCc2ccccc2)cc1. The van der Waals surface area contributed by atoms with E-state index in [1.807, 2.05) is 60.7 Å². The Bertz CT molecular complexity index is 936. The monoisotopic (exact) mass is 404 g/mol. The lowest BCUT2D eigenvalue weighted by Gasteiger charge is -2.15. The molecule has 0 spiro atoms. The molecule has 1 unspecified atom stereocenters. The largest absolute Gasteiger partial charge is 0.489 e. The third kappa shape index (κ3) is 6.03. The molecule has 0 saturated heterocycles. The van der Waals surface area contributed by atoms with Gasteiger partial charge in [0.15, 0.2) is 5.78 Å². The van der Waals surface area contributed by atoms with Crippen LogP contribution in [0.5, 0.6) is 5.75 Å². The molecule has 0 aromatic heterocycles. The van der Waals surface area contributed by atoms with E-state index < -0.39 is 11.9 Å². The van der Waals surface area contributed by atoms with Crippen LogP contribution in [-0.4, -0.2) is 25.5 Å². The predicted octanol–water partition coefficient (Wildman–Crippen LogP) is 4.31. The highest BCUT2D eigenvalue weighted by Gasteiger charge is 2.29. The second-order valence-electron chi connectivity index (χ2n) is 6.74. The van der Waals surface area contributed by atoms with Crippen molar-refractivity contribution in [3.05, 3.63) is 102 Å². The molecule has 1 atom stereocenters. The van der Waals surface area contributed by atoms with Crippen LogP contribution in [0.15, 0.2) is 84.9 Å². The summed E-state index contributed by atoms with van der Waals surface area (Å²) in [5.74, 6) is -1.34. The number of esters is 1. The van der Waals surface area contributed by atoms with Crippen molar-refractivity contribution in [2.24, 2.45) is 0 Å². The van der Waals surface area contributed by atoms with Crippen LogP contribution in [0, 0.1) is 0 Å². The van der Waals surface area contributed by atoms with Crippen LogP contribution in [0.3, 0.4) is 0 Å². The van der Waals surface area contributed by atoms with Crippen molar-refractivity contribution in [1.29, 1.82) is 0 Å². The molecule has 0 bridgehead atoms. The molecule has 5 heteroatoms. The summed E-state index contributed by atoms with van der Waals surface area (Å²) >= 11 is 0. The van der Waals surface area contributed by atoms with Crippen LogP contribution in [0.1, 0.15) is 22.6 Å². The van der Waals surface area contributed by atoms with Gasteiger partial charge in [-0.25, -0.2) is 0 Å². The van der Waals surface area contributed by atoms with Gasteiger partial charge in [0, 0.05) is 0 Å². The van der Waals surface area contributed by atoms with Gasteiger partial charge in [0.25, 0.3) is 0 Å². The van der Waals surface area contributed by atoms with Crippen molar-refractivity contribution in [1.82, 2.24) is 0 Å². The van der Waals surface area contributed by atoms with Crippen LogP contribution < -0.4 is 4.74 Å². The number of Topliss-reactive ketones (excluding diaryl/α,β-unsaturated/α-hetero) is 1. The van der Waals surface area contributed by atoms with Crippen molar-refractivity contribution in [2.75, 3.05) is 13.7 Å². The lowest BCUT2D eigenvalue weighted by atomic mass is 9.95. The number of rotatable bonds is 10. The summed E-state index contributed by atoms with van der Waals surface area (Å²) in [6.07, 6.45) is 0. The van der Waals surface area contributed by atoms with Gasteiger partial charge in [-0.05, 0) is 28.8 Å². The highest BCUT2D eigenvalue weighted by molar-refractivity contribution is 6.05. The van der Waals surface area contributed by atoms with Gasteiger partial charge in [-0.1, -0.05) is 72.8 Å². The second kappa shape index (κ2) is 10.9. The standard InChI is InChI=1S/C25H24O5/c1-28-25(27)24(23(26)18-29-16-19-8-4-2-5-9-19)21-12-14-22(15-13-21)30-17-20-10-6-3-7-11-20/h2-15,24H,16-18H2,1H3. The summed E-state index contributed by atoms with van der Waals surface area (Å²) in [7, 11) is 1.27. The quantitative estimate of drug-likeness (QED) is 0.372. The Morgan fingerprint density at radius 2 is 1.33 bits per heavy atom. The minimum atomic E-state index is -1.03. The van der Waals surface area contributed by atoms with E-state index in [1.165, 1.54) is 7.11 Å². The number of hydrogen-bond acceptors (Lipinski definition) is 5. The van der Waals surface area contributed by atoms with E-state index in [1.54, 1.807) is 24.3 Å². The zero-order valence-corrected chi connectivity index (χ0v) is 16.8.